The summed E-state index contributed by atoms with van der Waals surface area (Å²) in [6.45, 7) is 9.28. The Labute approximate surface area is 227 Å². The van der Waals surface area contributed by atoms with Gasteiger partial charge in [-0.15, -0.1) is 0 Å². The predicted octanol–water partition coefficient (Wildman–Crippen LogP) is 4.78. The monoisotopic (exact) mass is 542 g/mol. The van der Waals surface area contributed by atoms with Gasteiger partial charge in [0.2, 0.25) is 5.91 Å². The standard InChI is InChI=1S/C28H38N4O5S/c1-6-23(7-2)29-20(5)25(17-22-13-15-24(16-14-22)32-38(35)36)30-27(33)26(31-28(34)37-19(3)4)18-21-11-9-8-10-12-21/h6,8-16,19,25-26,32H,7,17-18H2,1-5H3,(H,30,33)(H,31,34)(H,35,36)/b23-6-,29-20?/t25-,26+/m0/s1. The van der Waals surface area contributed by atoms with E-state index in [0.717, 1.165) is 29.0 Å². The van der Waals surface area contributed by atoms with Gasteiger partial charge in [-0.3, -0.25) is 19.1 Å². The smallest absolute Gasteiger partial charge is 0.408 e. The highest BCUT2D eigenvalue weighted by molar-refractivity contribution is 7.80. The molecule has 9 nitrogen and oxygen atoms in total. The van der Waals surface area contributed by atoms with Gasteiger partial charge in [0.05, 0.1) is 12.1 Å². The van der Waals surface area contributed by atoms with Gasteiger partial charge < -0.3 is 15.4 Å². The number of rotatable bonds is 13. The van der Waals surface area contributed by atoms with E-state index in [1.807, 2.05) is 69.3 Å². The van der Waals surface area contributed by atoms with Gasteiger partial charge in [0.15, 0.2) is 0 Å². The molecule has 0 radical (unpaired) electrons. The zero-order chi connectivity index (χ0) is 28.1. The van der Waals surface area contributed by atoms with Crippen LogP contribution in [0.5, 0.6) is 0 Å². The molecular weight excluding hydrogens is 504 g/mol. The summed E-state index contributed by atoms with van der Waals surface area (Å²) in [4.78, 5) is 30.7. The molecular formula is C28H38N4O5S. The summed E-state index contributed by atoms with van der Waals surface area (Å²) in [6, 6.07) is 15.1. The summed E-state index contributed by atoms with van der Waals surface area (Å²) in [5, 5.41) is 5.78. The number of amides is 2. The SMILES string of the molecule is C/C=C(/CC)N=C(C)[C@H](Cc1ccc(NS(=O)O)cc1)NC(=O)[C@@H](Cc1ccccc1)NC(=O)OC(C)C. The minimum absolute atomic E-state index is 0.288. The van der Waals surface area contributed by atoms with Gasteiger partial charge >= 0.3 is 6.09 Å². The lowest BCUT2D eigenvalue weighted by Gasteiger charge is -2.24. The molecule has 2 aromatic carbocycles. The number of anilines is 1. The Balaban J connectivity index is 2.32. The lowest BCUT2D eigenvalue weighted by Crippen LogP contribution is -2.53. The molecule has 2 rings (SSSR count). The van der Waals surface area contributed by atoms with E-state index in [-0.39, 0.29) is 18.4 Å². The number of hydrogen-bond donors (Lipinski definition) is 4. The van der Waals surface area contributed by atoms with Gasteiger partial charge in [-0.05, 0) is 63.8 Å². The average Bonchev–Trinajstić information content (AvgIpc) is 2.87. The second-order valence-electron chi connectivity index (χ2n) is 9.04. The van der Waals surface area contributed by atoms with Crippen molar-refractivity contribution in [2.45, 2.75) is 72.1 Å². The Morgan fingerprint density at radius 2 is 1.61 bits per heavy atom. The van der Waals surface area contributed by atoms with Crippen molar-refractivity contribution < 1.29 is 23.1 Å². The maximum Gasteiger partial charge on any atom is 0.408 e. The molecule has 0 saturated carbocycles. The first-order chi connectivity index (χ1) is 18.1. The predicted molar refractivity (Wildman–Crippen MR) is 152 cm³/mol. The second kappa shape index (κ2) is 15.7. The van der Waals surface area contributed by atoms with Crippen molar-refractivity contribution in [1.82, 2.24) is 10.6 Å². The second-order valence-corrected chi connectivity index (χ2v) is 9.74. The largest absolute Gasteiger partial charge is 0.447 e. The van der Waals surface area contributed by atoms with Crippen molar-refractivity contribution in [2.75, 3.05) is 4.72 Å². The van der Waals surface area contributed by atoms with Crippen LogP contribution >= 0.6 is 0 Å². The summed E-state index contributed by atoms with van der Waals surface area (Å²) in [6.07, 6.45) is 2.40. The number of aliphatic imine (C=N–C) groups is 1. The van der Waals surface area contributed by atoms with Crippen molar-refractivity contribution in [2.24, 2.45) is 4.99 Å². The zero-order valence-corrected chi connectivity index (χ0v) is 23.4. The van der Waals surface area contributed by atoms with Gasteiger partial charge in [-0.1, -0.05) is 55.5 Å². The van der Waals surface area contributed by atoms with Crippen molar-refractivity contribution >= 4 is 34.7 Å². The van der Waals surface area contributed by atoms with Crippen LogP contribution in [-0.4, -0.2) is 44.7 Å². The van der Waals surface area contributed by atoms with E-state index < -0.39 is 29.4 Å². The lowest BCUT2D eigenvalue weighted by molar-refractivity contribution is -0.123. The van der Waals surface area contributed by atoms with Crippen LogP contribution in [0.1, 0.15) is 52.2 Å². The van der Waals surface area contributed by atoms with Gasteiger partial charge in [0.1, 0.15) is 6.04 Å². The van der Waals surface area contributed by atoms with Crippen LogP contribution in [0.25, 0.3) is 0 Å². The summed E-state index contributed by atoms with van der Waals surface area (Å²) in [7, 11) is 0. The highest BCUT2D eigenvalue weighted by Gasteiger charge is 2.26. The molecule has 2 aromatic rings. The number of allylic oxidation sites excluding steroid dienone is 2. The van der Waals surface area contributed by atoms with Crippen LogP contribution in [0.3, 0.4) is 0 Å². The minimum atomic E-state index is -2.17. The molecule has 0 heterocycles. The molecule has 10 heteroatoms. The molecule has 3 atom stereocenters. The van der Waals surface area contributed by atoms with Gasteiger partial charge in [-0.25, -0.2) is 9.00 Å². The molecule has 206 valence electrons. The van der Waals surface area contributed by atoms with Crippen LogP contribution < -0.4 is 15.4 Å². The molecule has 0 aliphatic carbocycles. The normalized spacial score (nSPS) is 14.4. The topological polar surface area (TPSA) is 129 Å². The van der Waals surface area contributed by atoms with E-state index in [1.165, 1.54) is 0 Å². The van der Waals surface area contributed by atoms with Crippen LogP contribution in [0, 0.1) is 0 Å². The Bertz CT molecular complexity index is 1130. The van der Waals surface area contributed by atoms with Crippen LogP contribution in [-0.2, 0) is 33.6 Å². The van der Waals surface area contributed by atoms with Crippen molar-refractivity contribution in [3.8, 4) is 0 Å². The summed E-state index contributed by atoms with van der Waals surface area (Å²) in [5.74, 6) is -0.360. The Morgan fingerprint density at radius 1 is 1.00 bits per heavy atom. The third-order valence-electron chi connectivity index (χ3n) is 5.67. The molecule has 0 bridgehead atoms. The van der Waals surface area contributed by atoms with E-state index in [0.29, 0.717) is 12.1 Å². The van der Waals surface area contributed by atoms with Crippen molar-refractivity contribution in [3.63, 3.8) is 0 Å². The first kappa shape index (κ1) is 30.7. The quantitative estimate of drug-likeness (QED) is 0.214. The number of nitrogens with zero attached hydrogens (tertiary/aromatic N) is 1. The molecule has 1 unspecified atom stereocenters. The first-order valence-electron chi connectivity index (χ1n) is 12.6. The van der Waals surface area contributed by atoms with Crippen molar-refractivity contribution in [1.29, 1.82) is 0 Å². The van der Waals surface area contributed by atoms with Gasteiger partial charge in [0, 0.05) is 23.5 Å². The number of ether oxygens (including phenoxy) is 1. The Hall–Kier alpha value is -3.50. The minimum Gasteiger partial charge on any atom is -0.447 e. The summed E-state index contributed by atoms with van der Waals surface area (Å²) < 4.78 is 27.7. The average molecular weight is 543 g/mol. The number of hydrogen-bond acceptors (Lipinski definition) is 5. The maximum atomic E-state index is 13.6. The molecule has 0 aliphatic rings. The lowest BCUT2D eigenvalue weighted by atomic mass is 10.00. The zero-order valence-electron chi connectivity index (χ0n) is 22.6. The third kappa shape index (κ3) is 10.9. The number of carbonyl (C=O) groups excluding carboxylic acids is 2. The van der Waals surface area contributed by atoms with Crippen LogP contribution in [0.15, 0.2) is 71.4 Å². The molecule has 38 heavy (non-hydrogen) atoms. The number of nitrogens with one attached hydrogen (secondary N) is 3. The van der Waals surface area contributed by atoms with E-state index >= 15 is 0 Å². The first-order valence-corrected chi connectivity index (χ1v) is 13.7. The number of carbonyl (C=O) groups is 2. The van der Waals surface area contributed by atoms with Crippen LogP contribution in [0.2, 0.25) is 0 Å². The third-order valence-corrected chi connectivity index (χ3v) is 6.08. The fraction of sp³-hybridized carbons (Fsp3) is 0.393. The van der Waals surface area contributed by atoms with Gasteiger partial charge in [0.25, 0.3) is 11.3 Å². The van der Waals surface area contributed by atoms with E-state index in [9.17, 15) is 13.8 Å². The number of alkyl carbamates (subject to hydrolysis) is 1. The molecule has 0 spiro atoms. The molecule has 0 fully saturated rings. The molecule has 0 aromatic heterocycles. The van der Waals surface area contributed by atoms with E-state index in [2.05, 4.69) is 15.4 Å². The molecule has 2 amide bonds. The fourth-order valence-corrected chi connectivity index (χ4v) is 4.06. The van der Waals surface area contributed by atoms with E-state index in [1.54, 1.807) is 26.0 Å². The number of benzene rings is 2. The summed E-state index contributed by atoms with van der Waals surface area (Å²) >= 11 is -2.17. The van der Waals surface area contributed by atoms with E-state index in [4.69, 9.17) is 14.3 Å². The molecule has 0 aliphatic heterocycles. The highest BCUT2D eigenvalue weighted by atomic mass is 32.2. The maximum absolute atomic E-state index is 13.6. The van der Waals surface area contributed by atoms with Crippen LogP contribution in [0.4, 0.5) is 10.5 Å². The molecule has 4 N–H and O–H groups in total. The highest BCUT2D eigenvalue weighted by Crippen LogP contribution is 2.14. The van der Waals surface area contributed by atoms with Crippen molar-refractivity contribution in [3.05, 3.63) is 77.5 Å². The fourth-order valence-electron chi connectivity index (χ4n) is 3.72. The molecule has 0 saturated heterocycles. The van der Waals surface area contributed by atoms with Gasteiger partial charge in [-0.2, -0.15) is 0 Å². The summed E-state index contributed by atoms with van der Waals surface area (Å²) in [5.41, 5.74) is 3.90. The Morgan fingerprint density at radius 3 is 2.16 bits per heavy atom. The Kier molecular flexibility index (Phi) is 12.7.